The van der Waals surface area contributed by atoms with E-state index in [2.05, 4.69) is 15.3 Å². The van der Waals surface area contributed by atoms with E-state index in [1.807, 2.05) is 19.9 Å². The summed E-state index contributed by atoms with van der Waals surface area (Å²) in [5.74, 6) is 3.29. The summed E-state index contributed by atoms with van der Waals surface area (Å²) in [5.41, 5.74) is 0. The first kappa shape index (κ1) is 11.8. The topological polar surface area (TPSA) is 47.0 Å². The van der Waals surface area contributed by atoms with E-state index in [1.165, 1.54) is 25.7 Å². The lowest BCUT2D eigenvalue weighted by molar-refractivity contribution is 0.232. The lowest BCUT2D eigenvalue weighted by atomic mass is 10.1. The molecule has 2 aliphatic carbocycles. The predicted molar refractivity (Wildman–Crippen MR) is 70.7 cm³/mol. The first-order valence-corrected chi connectivity index (χ1v) is 6.97. The van der Waals surface area contributed by atoms with Crippen molar-refractivity contribution < 1.29 is 4.74 Å². The molecular formula is C14H21N3O. The molecule has 0 amide bonds. The molecule has 1 aromatic heterocycles. The van der Waals surface area contributed by atoms with Gasteiger partial charge < -0.3 is 10.1 Å². The van der Waals surface area contributed by atoms with Gasteiger partial charge in [-0.1, -0.05) is 0 Å². The zero-order valence-corrected chi connectivity index (χ0v) is 11.1. The number of aromatic nitrogens is 2. The van der Waals surface area contributed by atoms with Crippen molar-refractivity contribution in [1.82, 2.24) is 9.97 Å². The van der Waals surface area contributed by atoms with Gasteiger partial charge in [0.05, 0.1) is 6.10 Å². The number of hydrogen-bond acceptors (Lipinski definition) is 4. The Balaban J connectivity index is 1.67. The van der Waals surface area contributed by atoms with Crippen LogP contribution in [0.2, 0.25) is 0 Å². The number of anilines is 1. The smallest absolute Gasteiger partial charge is 0.218 e. The molecule has 0 radical (unpaired) electrons. The zero-order chi connectivity index (χ0) is 12.5. The quantitative estimate of drug-likeness (QED) is 0.839. The fraction of sp³-hybridized carbons (Fsp3) is 0.714. The van der Waals surface area contributed by atoms with Crippen LogP contribution >= 0.6 is 0 Å². The van der Waals surface area contributed by atoms with E-state index in [-0.39, 0.29) is 6.10 Å². The third-order valence-corrected chi connectivity index (χ3v) is 3.57. The number of nitrogens with one attached hydrogen (secondary N) is 1. The highest BCUT2D eigenvalue weighted by molar-refractivity contribution is 5.39. The third-order valence-electron chi connectivity index (χ3n) is 3.57. The minimum atomic E-state index is 0.149. The highest BCUT2D eigenvalue weighted by Crippen LogP contribution is 2.45. The van der Waals surface area contributed by atoms with Crippen LogP contribution in [0.4, 0.5) is 5.82 Å². The van der Waals surface area contributed by atoms with Gasteiger partial charge in [-0.05, 0) is 51.4 Å². The van der Waals surface area contributed by atoms with E-state index in [0.717, 1.165) is 17.7 Å². The van der Waals surface area contributed by atoms with Gasteiger partial charge in [0.15, 0.2) is 0 Å². The number of nitrogens with zero attached hydrogens (tertiary/aromatic N) is 2. The fourth-order valence-corrected chi connectivity index (χ4v) is 2.43. The molecule has 0 atom stereocenters. The highest BCUT2D eigenvalue weighted by Gasteiger charge is 2.41. The van der Waals surface area contributed by atoms with Crippen molar-refractivity contribution in [3.63, 3.8) is 0 Å². The summed E-state index contributed by atoms with van der Waals surface area (Å²) in [6.07, 6.45) is 7.21. The van der Waals surface area contributed by atoms with Gasteiger partial charge in [-0.25, -0.2) is 9.97 Å². The minimum Gasteiger partial charge on any atom is -0.475 e. The molecule has 0 unspecified atom stereocenters. The first-order valence-electron chi connectivity index (χ1n) is 6.97. The summed E-state index contributed by atoms with van der Waals surface area (Å²) in [4.78, 5) is 8.44. The Labute approximate surface area is 108 Å². The SMILES string of the molecule is CC(C)Oc1cc(NC(C2CC2)C2CC2)ncn1. The van der Waals surface area contributed by atoms with Crippen LogP contribution in [0.25, 0.3) is 0 Å². The third kappa shape index (κ3) is 2.92. The minimum absolute atomic E-state index is 0.149. The van der Waals surface area contributed by atoms with Crippen molar-refractivity contribution in [2.24, 2.45) is 11.8 Å². The Hall–Kier alpha value is -1.32. The van der Waals surface area contributed by atoms with E-state index in [1.54, 1.807) is 6.33 Å². The molecule has 1 heterocycles. The standard InChI is InChI=1S/C14H21N3O/c1-9(2)18-13-7-12(15-8-16-13)17-14(10-3-4-10)11-5-6-11/h7-11,14H,3-6H2,1-2H3,(H,15,16,17). The second-order valence-electron chi connectivity index (χ2n) is 5.75. The monoisotopic (exact) mass is 247 g/mol. The average molecular weight is 247 g/mol. The van der Waals surface area contributed by atoms with E-state index >= 15 is 0 Å². The molecule has 1 aromatic rings. The largest absolute Gasteiger partial charge is 0.475 e. The normalized spacial score (nSPS) is 19.3. The lowest BCUT2D eigenvalue weighted by Gasteiger charge is -2.18. The average Bonchev–Trinajstić information content (AvgIpc) is 3.18. The van der Waals surface area contributed by atoms with E-state index in [4.69, 9.17) is 4.74 Å². The Morgan fingerprint density at radius 1 is 1.17 bits per heavy atom. The van der Waals surface area contributed by atoms with Crippen molar-refractivity contribution in [2.75, 3.05) is 5.32 Å². The van der Waals surface area contributed by atoms with Gasteiger partial charge >= 0.3 is 0 Å². The summed E-state index contributed by atoms with van der Waals surface area (Å²) in [6.45, 7) is 4.01. The van der Waals surface area contributed by atoms with Crippen LogP contribution in [-0.2, 0) is 0 Å². The van der Waals surface area contributed by atoms with Gasteiger partial charge in [0.2, 0.25) is 5.88 Å². The lowest BCUT2D eigenvalue weighted by Crippen LogP contribution is -2.24. The zero-order valence-electron chi connectivity index (χ0n) is 11.1. The number of hydrogen-bond donors (Lipinski definition) is 1. The van der Waals surface area contributed by atoms with Crippen molar-refractivity contribution in [2.45, 2.75) is 51.7 Å². The molecule has 3 rings (SSSR count). The van der Waals surface area contributed by atoms with E-state index in [0.29, 0.717) is 11.9 Å². The van der Waals surface area contributed by atoms with Gasteiger partial charge in [0.25, 0.3) is 0 Å². The molecule has 2 aliphatic rings. The van der Waals surface area contributed by atoms with Gasteiger partial charge in [0.1, 0.15) is 12.1 Å². The van der Waals surface area contributed by atoms with Crippen LogP contribution < -0.4 is 10.1 Å². The summed E-state index contributed by atoms with van der Waals surface area (Å²) in [6, 6.07) is 2.53. The molecule has 0 aliphatic heterocycles. The maximum absolute atomic E-state index is 5.60. The van der Waals surface area contributed by atoms with E-state index in [9.17, 15) is 0 Å². The Bertz CT molecular complexity index is 401. The second kappa shape index (κ2) is 4.75. The second-order valence-corrected chi connectivity index (χ2v) is 5.75. The highest BCUT2D eigenvalue weighted by atomic mass is 16.5. The predicted octanol–water partition coefficient (Wildman–Crippen LogP) is 2.86. The van der Waals surface area contributed by atoms with Crippen LogP contribution in [0.5, 0.6) is 5.88 Å². The molecule has 0 spiro atoms. The molecule has 98 valence electrons. The van der Waals surface area contributed by atoms with Crippen LogP contribution in [0, 0.1) is 11.8 Å². The Kier molecular flexibility index (Phi) is 3.10. The molecule has 4 heteroatoms. The van der Waals surface area contributed by atoms with Gasteiger partial charge in [0, 0.05) is 12.1 Å². The fourth-order valence-electron chi connectivity index (χ4n) is 2.43. The van der Waals surface area contributed by atoms with Crippen molar-refractivity contribution in [1.29, 1.82) is 0 Å². The van der Waals surface area contributed by atoms with Crippen LogP contribution in [0.3, 0.4) is 0 Å². The van der Waals surface area contributed by atoms with Crippen LogP contribution in [-0.4, -0.2) is 22.1 Å². The van der Waals surface area contributed by atoms with Crippen LogP contribution in [0.1, 0.15) is 39.5 Å². The summed E-state index contributed by atoms with van der Waals surface area (Å²) < 4.78 is 5.60. The summed E-state index contributed by atoms with van der Waals surface area (Å²) in [5, 5.41) is 3.59. The molecule has 18 heavy (non-hydrogen) atoms. The van der Waals surface area contributed by atoms with E-state index < -0.39 is 0 Å². The summed E-state index contributed by atoms with van der Waals surface area (Å²) in [7, 11) is 0. The van der Waals surface area contributed by atoms with Crippen molar-refractivity contribution >= 4 is 5.82 Å². The molecule has 0 bridgehead atoms. The van der Waals surface area contributed by atoms with Gasteiger partial charge in [-0.3, -0.25) is 0 Å². The molecule has 0 saturated heterocycles. The Morgan fingerprint density at radius 3 is 2.39 bits per heavy atom. The van der Waals surface area contributed by atoms with Crippen molar-refractivity contribution in [3.8, 4) is 5.88 Å². The maximum Gasteiger partial charge on any atom is 0.218 e. The first-order chi connectivity index (χ1) is 8.72. The van der Waals surface area contributed by atoms with Crippen LogP contribution in [0.15, 0.2) is 12.4 Å². The summed E-state index contributed by atoms with van der Waals surface area (Å²) >= 11 is 0. The number of ether oxygens (including phenoxy) is 1. The maximum atomic E-state index is 5.60. The molecule has 2 saturated carbocycles. The Morgan fingerprint density at radius 2 is 1.83 bits per heavy atom. The molecule has 1 N–H and O–H groups in total. The molecule has 0 aromatic carbocycles. The molecule has 2 fully saturated rings. The number of rotatable bonds is 6. The molecule has 4 nitrogen and oxygen atoms in total. The van der Waals surface area contributed by atoms with Crippen molar-refractivity contribution in [3.05, 3.63) is 12.4 Å². The van der Waals surface area contributed by atoms with Gasteiger partial charge in [-0.2, -0.15) is 0 Å². The van der Waals surface area contributed by atoms with Gasteiger partial charge in [-0.15, -0.1) is 0 Å². The molecular weight excluding hydrogens is 226 g/mol.